The van der Waals surface area contributed by atoms with Gasteiger partial charge < -0.3 is 0 Å². The van der Waals surface area contributed by atoms with Crippen LogP contribution in [0.25, 0.3) is 11.1 Å². The average Bonchev–Trinajstić information content (AvgIpc) is 2.80. The molecule has 0 aliphatic heterocycles. The highest BCUT2D eigenvalue weighted by atomic mass is 28.3. The van der Waals surface area contributed by atoms with E-state index in [-0.39, 0.29) is 0 Å². The molecule has 0 N–H and O–H groups in total. The Balaban J connectivity index is 1.41. The Hall–Kier alpha value is -2.69. The lowest BCUT2D eigenvalue weighted by atomic mass is 10.1. The van der Waals surface area contributed by atoms with Crippen LogP contribution >= 0.6 is 0 Å². The van der Waals surface area contributed by atoms with Gasteiger partial charge in [-0.05, 0) is 23.2 Å². The normalized spacial score (nSPS) is 13.0. The summed E-state index contributed by atoms with van der Waals surface area (Å²) in [7, 11) is -1.90. The van der Waals surface area contributed by atoms with Crippen molar-refractivity contribution in [3.05, 3.63) is 120 Å². The van der Waals surface area contributed by atoms with Crippen molar-refractivity contribution in [3.8, 4) is 11.1 Å². The zero-order valence-corrected chi connectivity index (χ0v) is 20.3. The molecule has 0 amide bonds. The van der Waals surface area contributed by atoms with Crippen LogP contribution in [0.3, 0.4) is 0 Å². The van der Waals surface area contributed by atoms with Gasteiger partial charge >= 0.3 is 0 Å². The fourth-order valence-corrected chi connectivity index (χ4v) is 8.31. The summed E-state index contributed by atoms with van der Waals surface area (Å²) in [5.74, 6) is 0. The monoisotopic (exact) mass is 422 g/mol. The molecule has 0 bridgehead atoms. The second kappa shape index (κ2) is 9.88. The molecule has 0 aromatic heterocycles. The van der Waals surface area contributed by atoms with E-state index in [2.05, 4.69) is 122 Å². The summed E-state index contributed by atoms with van der Waals surface area (Å²) in [6.45, 7) is 4.91. The van der Waals surface area contributed by atoms with Gasteiger partial charge in [0.25, 0.3) is 0 Å². The molecule has 0 saturated heterocycles. The first-order valence-corrected chi connectivity index (χ1v) is 16.1. The maximum absolute atomic E-state index is 2.45. The van der Waals surface area contributed by atoms with Crippen molar-refractivity contribution in [2.24, 2.45) is 0 Å². The van der Waals surface area contributed by atoms with Gasteiger partial charge in [0.1, 0.15) is 0 Å². The van der Waals surface area contributed by atoms with Crippen molar-refractivity contribution in [1.29, 1.82) is 0 Å². The molecule has 0 heterocycles. The Labute approximate surface area is 184 Å². The molecule has 30 heavy (non-hydrogen) atoms. The molecule has 2 atom stereocenters. The number of hydrogen-bond acceptors (Lipinski definition) is 0. The molecule has 0 aliphatic carbocycles. The molecule has 0 saturated carbocycles. The van der Waals surface area contributed by atoms with Crippen LogP contribution in [0.2, 0.25) is 13.1 Å². The van der Waals surface area contributed by atoms with Crippen molar-refractivity contribution in [1.82, 2.24) is 0 Å². The Morgan fingerprint density at radius 1 is 0.433 bits per heavy atom. The number of benzene rings is 4. The largest absolute Gasteiger partial charge is 0.0720 e. The van der Waals surface area contributed by atoms with E-state index in [1.54, 1.807) is 10.4 Å². The highest BCUT2D eigenvalue weighted by Crippen LogP contribution is 2.18. The molecule has 4 aromatic rings. The lowest BCUT2D eigenvalue weighted by Gasteiger charge is -2.13. The van der Waals surface area contributed by atoms with E-state index in [1.165, 1.54) is 34.3 Å². The first kappa shape index (κ1) is 20.6. The molecule has 4 rings (SSSR count). The third-order valence-corrected chi connectivity index (χ3v) is 11.3. The van der Waals surface area contributed by atoms with Crippen molar-refractivity contribution < 1.29 is 0 Å². The van der Waals surface area contributed by atoms with Crippen molar-refractivity contribution in [2.75, 3.05) is 0 Å². The zero-order chi connectivity index (χ0) is 20.8. The van der Waals surface area contributed by atoms with Gasteiger partial charge in [0.15, 0.2) is 0 Å². The minimum absolute atomic E-state index is 0.952. The number of hydrogen-bond donors (Lipinski definition) is 0. The minimum Gasteiger partial charge on any atom is -0.0678 e. The van der Waals surface area contributed by atoms with Crippen LogP contribution in [0.15, 0.2) is 109 Å². The quantitative estimate of drug-likeness (QED) is 0.366. The summed E-state index contributed by atoms with van der Waals surface area (Å²) in [6, 6.07) is 42.9. The summed E-state index contributed by atoms with van der Waals surface area (Å²) in [5, 5.41) is 3.09. The summed E-state index contributed by atoms with van der Waals surface area (Å²) in [6.07, 6.45) is 0. The summed E-state index contributed by atoms with van der Waals surface area (Å²) >= 11 is 0. The highest BCUT2D eigenvalue weighted by Gasteiger charge is 2.10. The average molecular weight is 423 g/mol. The van der Waals surface area contributed by atoms with Gasteiger partial charge in [-0.15, -0.1) is 0 Å². The predicted molar refractivity (Wildman–Crippen MR) is 137 cm³/mol. The van der Waals surface area contributed by atoms with Gasteiger partial charge in [0.05, 0.1) is 17.6 Å². The topological polar surface area (TPSA) is 0 Å². The van der Waals surface area contributed by atoms with Crippen LogP contribution in [0.4, 0.5) is 0 Å². The summed E-state index contributed by atoms with van der Waals surface area (Å²) < 4.78 is 0. The van der Waals surface area contributed by atoms with Crippen molar-refractivity contribution in [2.45, 2.75) is 25.2 Å². The third-order valence-electron chi connectivity index (χ3n) is 6.06. The molecule has 0 aliphatic rings. The maximum Gasteiger partial charge on any atom is 0.0720 e. The van der Waals surface area contributed by atoms with Gasteiger partial charge in [0, 0.05) is 0 Å². The van der Waals surface area contributed by atoms with E-state index in [0.717, 1.165) is 0 Å². The van der Waals surface area contributed by atoms with E-state index >= 15 is 0 Å². The first-order chi connectivity index (χ1) is 14.7. The lowest BCUT2D eigenvalue weighted by molar-refractivity contribution is 1.36. The molecule has 2 heteroatoms. The van der Waals surface area contributed by atoms with Gasteiger partial charge in [-0.1, -0.05) is 144 Å². The van der Waals surface area contributed by atoms with E-state index in [9.17, 15) is 0 Å². The molecule has 4 aromatic carbocycles. The third kappa shape index (κ3) is 5.26. The molecule has 0 nitrogen and oxygen atoms in total. The van der Waals surface area contributed by atoms with Gasteiger partial charge in [-0.25, -0.2) is 0 Å². The SMILES string of the molecule is C[SiH](Cc1ccccc1)c1ccc(-c2ccc([SiH](C)Cc3ccccc3)cc2)cc1. The molecule has 0 spiro atoms. The molecule has 2 unspecified atom stereocenters. The van der Waals surface area contributed by atoms with Crippen LogP contribution in [-0.4, -0.2) is 17.6 Å². The highest BCUT2D eigenvalue weighted by molar-refractivity contribution is 6.72. The van der Waals surface area contributed by atoms with Crippen LogP contribution in [0, 0.1) is 0 Å². The van der Waals surface area contributed by atoms with Crippen LogP contribution in [-0.2, 0) is 12.1 Å². The van der Waals surface area contributed by atoms with E-state index in [4.69, 9.17) is 0 Å². The van der Waals surface area contributed by atoms with Gasteiger partial charge in [-0.2, -0.15) is 0 Å². The molecular formula is C28H30Si2. The predicted octanol–water partition coefficient (Wildman–Crippen LogP) is 5.05. The van der Waals surface area contributed by atoms with E-state index < -0.39 is 17.6 Å². The second-order valence-corrected chi connectivity index (χ2v) is 14.2. The summed E-state index contributed by atoms with van der Waals surface area (Å²) in [5.41, 5.74) is 5.57. The standard InChI is InChI=1S/C28H30Si2/c1-29(21-23-9-5-3-6-10-23)27-17-13-25(14-18-27)26-15-19-28(20-16-26)30(2)22-24-11-7-4-8-12-24/h3-20,29-30H,21-22H2,1-2H3. The van der Waals surface area contributed by atoms with Crippen LogP contribution < -0.4 is 10.4 Å². The molecular weight excluding hydrogens is 392 g/mol. The van der Waals surface area contributed by atoms with Gasteiger partial charge in [0.2, 0.25) is 0 Å². The molecule has 0 radical (unpaired) electrons. The molecule has 150 valence electrons. The maximum atomic E-state index is 2.45. The molecule has 0 fully saturated rings. The van der Waals surface area contributed by atoms with E-state index in [1.807, 2.05) is 0 Å². The zero-order valence-electron chi connectivity index (χ0n) is 18.0. The van der Waals surface area contributed by atoms with E-state index in [0.29, 0.717) is 0 Å². The van der Waals surface area contributed by atoms with Crippen molar-refractivity contribution in [3.63, 3.8) is 0 Å². The Morgan fingerprint density at radius 3 is 1.10 bits per heavy atom. The van der Waals surface area contributed by atoms with Crippen LogP contribution in [0.5, 0.6) is 0 Å². The second-order valence-electron chi connectivity index (χ2n) is 8.43. The number of rotatable bonds is 7. The fourth-order valence-electron chi connectivity index (χ4n) is 4.18. The van der Waals surface area contributed by atoms with Gasteiger partial charge in [-0.3, -0.25) is 0 Å². The Bertz CT molecular complexity index is 950. The smallest absolute Gasteiger partial charge is 0.0678 e. The van der Waals surface area contributed by atoms with Crippen molar-refractivity contribution >= 4 is 28.0 Å². The summed E-state index contributed by atoms with van der Waals surface area (Å²) in [4.78, 5) is 0. The lowest BCUT2D eigenvalue weighted by Crippen LogP contribution is -2.29. The Morgan fingerprint density at radius 2 is 0.767 bits per heavy atom. The Kier molecular flexibility index (Phi) is 6.78. The fraction of sp³-hybridized carbons (Fsp3) is 0.143. The minimum atomic E-state index is -0.952. The van der Waals surface area contributed by atoms with Crippen LogP contribution in [0.1, 0.15) is 11.1 Å². The first-order valence-electron chi connectivity index (χ1n) is 11.0.